The molecule has 1 saturated heterocycles. The lowest BCUT2D eigenvalue weighted by atomic mass is 10.1. The molecule has 3 unspecified atom stereocenters. The third kappa shape index (κ3) is 1.50. The Bertz CT molecular complexity index is 167. The first-order valence-corrected chi connectivity index (χ1v) is 5.06. The highest BCUT2D eigenvalue weighted by molar-refractivity contribution is 4.99. The zero-order valence-electron chi connectivity index (χ0n) is 8.29. The molecule has 3 atom stereocenters. The fraction of sp³-hybridized carbons (Fsp3) is 1.00. The standard InChI is InChI=1S/C10H19NO/c1-7(2)11-5-8(3)6-12-10-4-9(10)11/h7-10H,4-6H2,1-3H3. The number of fused-ring (bicyclic) bond motifs is 1. The first-order valence-electron chi connectivity index (χ1n) is 5.06. The molecule has 2 aliphatic rings. The molecule has 1 aliphatic heterocycles. The van der Waals surface area contributed by atoms with Crippen molar-refractivity contribution in [1.29, 1.82) is 0 Å². The minimum atomic E-state index is 0.567. The van der Waals surface area contributed by atoms with E-state index in [9.17, 15) is 0 Å². The second-order valence-corrected chi connectivity index (χ2v) is 4.57. The summed E-state index contributed by atoms with van der Waals surface area (Å²) in [5, 5.41) is 0. The van der Waals surface area contributed by atoms with Gasteiger partial charge in [0.1, 0.15) is 0 Å². The van der Waals surface area contributed by atoms with E-state index >= 15 is 0 Å². The second kappa shape index (κ2) is 3.00. The maximum absolute atomic E-state index is 5.73. The third-order valence-electron chi connectivity index (χ3n) is 2.91. The van der Waals surface area contributed by atoms with E-state index in [1.165, 1.54) is 13.0 Å². The van der Waals surface area contributed by atoms with Gasteiger partial charge in [0, 0.05) is 18.6 Å². The van der Waals surface area contributed by atoms with Crippen molar-refractivity contribution in [1.82, 2.24) is 4.90 Å². The van der Waals surface area contributed by atoms with Gasteiger partial charge in [-0.25, -0.2) is 0 Å². The Balaban J connectivity index is 2.00. The molecule has 2 fully saturated rings. The van der Waals surface area contributed by atoms with Crippen molar-refractivity contribution in [3.8, 4) is 0 Å². The van der Waals surface area contributed by atoms with E-state index in [1.54, 1.807) is 0 Å². The summed E-state index contributed by atoms with van der Waals surface area (Å²) in [6.45, 7) is 9.03. The largest absolute Gasteiger partial charge is 0.376 e. The molecule has 2 heteroatoms. The average Bonchev–Trinajstić information content (AvgIpc) is 2.72. The molecule has 0 bridgehead atoms. The summed E-state index contributed by atoms with van der Waals surface area (Å²) in [6, 6.07) is 1.43. The van der Waals surface area contributed by atoms with Gasteiger partial charge in [0.15, 0.2) is 0 Å². The van der Waals surface area contributed by atoms with Gasteiger partial charge in [-0.05, 0) is 26.2 Å². The number of hydrogen-bond donors (Lipinski definition) is 0. The quantitative estimate of drug-likeness (QED) is 0.590. The molecule has 0 aromatic carbocycles. The van der Waals surface area contributed by atoms with Crippen molar-refractivity contribution < 1.29 is 4.74 Å². The van der Waals surface area contributed by atoms with E-state index in [-0.39, 0.29) is 0 Å². The lowest BCUT2D eigenvalue weighted by Crippen LogP contribution is -2.36. The molecular weight excluding hydrogens is 150 g/mol. The number of hydrogen-bond acceptors (Lipinski definition) is 2. The van der Waals surface area contributed by atoms with E-state index in [0.717, 1.165) is 12.6 Å². The molecule has 0 aromatic rings. The maximum atomic E-state index is 5.73. The molecule has 2 nitrogen and oxygen atoms in total. The van der Waals surface area contributed by atoms with Gasteiger partial charge in [-0.1, -0.05) is 6.92 Å². The van der Waals surface area contributed by atoms with E-state index in [4.69, 9.17) is 4.74 Å². The van der Waals surface area contributed by atoms with Crippen LogP contribution in [0.2, 0.25) is 0 Å². The lowest BCUT2D eigenvalue weighted by Gasteiger charge is -2.26. The lowest BCUT2D eigenvalue weighted by molar-refractivity contribution is 0.101. The minimum Gasteiger partial charge on any atom is -0.376 e. The van der Waals surface area contributed by atoms with Crippen LogP contribution in [0.3, 0.4) is 0 Å². The van der Waals surface area contributed by atoms with E-state index < -0.39 is 0 Å². The van der Waals surface area contributed by atoms with Crippen molar-refractivity contribution in [3.63, 3.8) is 0 Å². The van der Waals surface area contributed by atoms with Gasteiger partial charge in [-0.15, -0.1) is 0 Å². The van der Waals surface area contributed by atoms with Gasteiger partial charge in [0.2, 0.25) is 0 Å². The van der Waals surface area contributed by atoms with Gasteiger partial charge in [-0.3, -0.25) is 4.90 Å². The Labute approximate surface area is 74.9 Å². The van der Waals surface area contributed by atoms with Gasteiger partial charge >= 0.3 is 0 Å². The van der Waals surface area contributed by atoms with Crippen molar-refractivity contribution in [2.45, 2.75) is 45.4 Å². The van der Waals surface area contributed by atoms with Crippen molar-refractivity contribution in [2.24, 2.45) is 5.92 Å². The van der Waals surface area contributed by atoms with Crippen LogP contribution in [0.4, 0.5) is 0 Å². The maximum Gasteiger partial charge on any atom is 0.0747 e. The Hall–Kier alpha value is -0.0800. The molecule has 0 radical (unpaired) electrons. The topological polar surface area (TPSA) is 12.5 Å². The average molecular weight is 169 g/mol. The van der Waals surface area contributed by atoms with Crippen molar-refractivity contribution in [2.75, 3.05) is 13.2 Å². The molecular formula is C10H19NO. The molecule has 0 spiro atoms. The van der Waals surface area contributed by atoms with Gasteiger partial charge in [-0.2, -0.15) is 0 Å². The first-order chi connectivity index (χ1) is 5.68. The normalized spacial score (nSPS) is 42.5. The zero-order valence-corrected chi connectivity index (χ0v) is 8.29. The minimum absolute atomic E-state index is 0.567. The summed E-state index contributed by atoms with van der Waals surface area (Å²) in [7, 11) is 0. The SMILES string of the molecule is CC1COC2CC2N(C(C)C)C1. The zero-order chi connectivity index (χ0) is 8.72. The van der Waals surface area contributed by atoms with Gasteiger partial charge in [0.25, 0.3) is 0 Å². The number of ether oxygens (including phenoxy) is 1. The van der Waals surface area contributed by atoms with Crippen LogP contribution in [-0.2, 0) is 4.74 Å². The summed E-state index contributed by atoms with van der Waals surface area (Å²) in [4.78, 5) is 2.60. The molecule has 1 saturated carbocycles. The highest BCUT2D eigenvalue weighted by Crippen LogP contribution is 2.35. The predicted octanol–water partition coefficient (Wildman–Crippen LogP) is 1.50. The predicted molar refractivity (Wildman–Crippen MR) is 49.2 cm³/mol. The molecule has 1 heterocycles. The first kappa shape index (κ1) is 8.52. The molecule has 1 aliphatic carbocycles. The molecule has 0 N–H and O–H groups in total. The van der Waals surface area contributed by atoms with Crippen molar-refractivity contribution >= 4 is 0 Å². The Morgan fingerprint density at radius 3 is 2.83 bits per heavy atom. The number of rotatable bonds is 1. The fourth-order valence-corrected chi connectivity index (χ4v) is 2.12. The summed E-state index contributed by atoms with van der Waals surface area (Å²) >= 11 is 0. The van der Waals surface area contributed by atoms with E-state index in [0.29, 0.717) is 18.1 Å². The molecule has 0 aromatic heterocycles. The highest BCUT2D eigenvalue weighted by atomic mass is 16.5. The molecule has 70 valence electrons. The van der Waals surface area contributed by atoms with Crippen LogP contribution in [0, 0.1) is 5.92 Å². The number of nitrogens with zero attached hydrogens (tertiary/aromatic N) is 1. The van der Waals surface area contributed by atoms with Gasteiger partial charge < -0.3 is 4.74 Å². The van der Waals surface area contributed by atoms with E-state index in [1.807, 2.05) is 0 Å². The monoisotopic (exact) mass is 169 g/mol. The van der Waals surface area contributed by atoms with Crippen LogP contribution in [0.1, 0.15) is 27.2 Å². The van der Waals surface area contributed by atoms with Gasteiger partial charge in [0.05, 0.1) is 12.7 Å². The Kier molecular flexibility index (Phi) is 2.13. The summed E-state index contributed by atoms with van der Waals surface area (Å²) in [5.41, 5.74) is 0. The Morgan fingerprint density at radius 1 is 1.42 bits per heavy atom. The molecule has 12 heavy (non-hydrogen) atoms. The fourth-order valence-electron chi connectivity index (χ4n) is 2.12. The smallest absolute Gasteiger partial charge is 0.0747 e. The molecule has 2 rings (SSSR count). The van der Waals surface area contributed by atoms with Crippen LogP contribution >= 0.6 is 0 Å². The third-order valence-corrected chi connectivity index (χ3v) is 2.91. The highest BCUT2D eigenvalue weighted by Gasteiger charge is 2.45. The Morgan fingerprint density at radius 2 is 2.17 bits per heavy atom. The second-order valence-electron chi connectivity index (χ2n) is 4.57. The summed E-state index contributed by atoms with van der Waals surface area (Å²) in [6.07, 6.45) is 1.84. The summed E-state index contributed by atoms with van der Waals surface area (Å²) < 4.78 is 5.73. The summed E-state index contributed by atoms with van der Waals surface area (Å²) in [5.74, 6) is 0.709. The van der Waals surface area contributed by atoms with Crippen LogP contribution < -0.4 is 0 Å². The van der Waals surface area contributed by atoms with Crippen molar-refractivity contribution in [3.05, 3.63) is 0 Å². The van der Waals surface area contributed by atoms with Crippen LogP contribution in [0.25, 0.3) is 0 Å². The van der Waals surface area contributed by atoms with Crippen LogP contribution in [0.15, 0.2) is 0 Å². The molecule has 0 amide bonds. The van der Waals surface area contributed by atoms with E-state index in [2.05, 4.69) is 25.7 Å². The van der Waals surface area contributed by atoms with Crippen LogP contribution in [0.5, 0.6) is 0 Å². The van der Waals surface area contributed by atoms with Crippen LogP contribution in [-0.4, -0.2) is 36.2 Å².